The molecule has 108 valence electrons. The first-order chi connectivity index (χ1) is 10.3. The van der Waals surface area contributed by atoms with Crippen LogP contribution in [0.25, 0.3) is 0 Å². The SMILES string of the molecule is N#Cc1ccc(F)cc1CNCCCOc1ccccc1. The van der Waals surface area contributed by atoms with E-state index in [9.17, 15) is 4.39 Å². The van der Waals surface area contributed by atoms with Crippen LogP contribution >= 0.6 is 0 Å². The number of halogens is 1. The van der Waals surface area contributed by atoms with Crippen LogP contribution < -0.4 is 10.1 Å². The minimum absolute atomic E-state index is 0.321. The Hall–Kier alpha value is -2.38. The predicted octanol–water partition coefficient (Wildman–Crippen LogP) is 3.26. The van der Waals surface area contributed by atoms with Gasteiger partial charge in [0.15, 0.2) is 0 Å². The lowest BCUT2D eigenvalue weighted by molar-refractivity contribution is 0.308. The Morgan fingerprint density at radius 2 is 1.95 bits per heavy atom. The first-order valence-corrected chi connectivity index (χ1v) is 6.86. The number of benzene rings is 2. The molecule has 1 N–H and O–H groups in total. The molecule has 0 unspecified atom stereocenters. The number of para-hydroxylation sites is 1. The molecule has 0 heterocycles. The normalized spacial score (nSPS) is 10.1. The summed E-state index contributed by atoms with van der Waals surface area (Å²) >= 11 is 0. The summed E-state index contributed by atoms with van der Waals surface area (Å²) < 4.78 is 18.7. The van der Waals surface area contributed by atoms with E-state index >= 15 is 0 Å². The highest BCUT2D eigenvalue weighted by Crippen LogP contribution is 2.10. The number of nitriles is 1. The van der Waals surface area contributed by atoms with E-state index in [1.54, 1.807) is 0 Å². The van der Waals surface area contributed by atoms with Gasteiger partial charge in [-0.15, -0.1) is 0 Å². The summed E-state index contributed by atoms with van der Waals surface area (Å²) in [5.41, 5.74) is 1.19. The van der Waals surface area contributed by atoms with Crippen LogP contribution in [0.5, 0.6) is 5.75 Å². The van der Waals surface area contributed by atoms with Crippen LogP contribution in [-0.4, -0.2) is 13.2 Å². The molecule has 0 saturated heterocycles. The maximum atomic E-state index is 13.1. The van der Waals surface area contributed by atoms with Gasteiger partial charge < -0.3 is 10.1 Å². The molecule has 0 spiro atoms. The van der Waals surface area contributed by atoms with Gasteiger partial charge in [-0.2, -0.15) is 5.26 Å². The van der Waals surface area contributed by atoms with Gasteiger partial charge in [-0.25, -0.2) is 4.39 Å². The Morgan fingerprint density at radius 1 is 1.14 bits per heavy atom. The van der Waals surface area contributed by atoms with Crippen LogP contribution in [0.1, 0.15) is 17.5 Å². The molecule has 0 saturated carbocycles. The van der Waals surface area contributed by atoms with Crippen LogP contribution in [0.3, 0.4) is 0 Å². The quantitative estimate of drug-likeness (QED) is 0.794. The summed E-state index contributed by atoms with van der Waals surface area (Å²) in [4.78, 5) is 0. The third-order valence-corrected chi connectivity index (χ3v) is 3.01. The first kappa shape index (κ1) is 15.0. The largest absolute Gasteiger partial charge is 0.494 e. The summed E-state index contributed by atoms with van der Waals surface area (Å²) in [5, 5.41) is 12.1. The zero-order chi connectivity index (χ0) is 14.9. The van der Waals surface area contributed by atoms with Gasteiger partial charge in [0.05, 0.1) is 18.2 Å². The standard InChI is InChI=1S/C17H17FN2O/c18-16-8-7-14(12-19)15(11-16)13-20-9-4-10-21-17-5-2-1-3-6-17/h1-3,5-8,11,20H,4,9-10,13H2. The van der Waals surface area contributed by atoms with Crippen LogP contribution in [0.2, 0.25) is 0 Å². The second-order valence-electron chi connectivity index (χ2n) is 4.61. The van der Waals surface area contributed by atoms with Crippen molar-refractivity contribution in [3.05, 3.63) is 65.5 Å². The fourth-order valence-electron chi connectivity index (χ4n) is 1.94. The van der Waals surface area contributed by atoms with Crippen molar-refractivity contribution in [2.45, 2.75) is 13.0 Å². The lowest BCUT2D eigenvalue weighted by atomic mass is 10.1. The topological polar surface area (TPSA) is 45.0 Å². The van der Waals surface area contributed by atoms with Gasteiger partial charge in [0.2, 0.25) is 0 Å². The van der Waals surface area contributed by atoms with E-state index < -0.39 is 0 Å². The molecule has 0 aliphatic carbocycles. The van der Waals surface area contributed by atoms with Crippen molar-refractivity contribution in [3.8, 4) is 11.8 Å². The molecule has 0 bridgehead atoms. The van der Waals surface area contributed by atoms with E-state index in [0.29, 0.717) is 24.3 Å². The van der Waals surface area contributed by atoms with E-state index in [4.69, 9.17) is 10.00 Å². The smallest absolute Gasteiger partial charge is 0.123 e. The Kier molecular flexibility index (Phi) is 5.74. The van der Waals surface area contributed by atoms with Crippen molar-refractivity contribution < 1.29 is 9.13 Å². The fraction of sp³-hybridized carbons (Fsp3) is 0.235. The average molecular weight is 284 g/mol. The van der Waals surface area contributed by atoms with Gasteiger partial charge in [0.25, 0.3) is 0 Å². The summed E-state index contributed by atoms with van der Waals surface area (Å²) in [6.07, 6.45) is 0.839. The average Bonchev–Trinajstić information content (AvgIpc) is 2.52. The first-order valence-electron chi connectivity index (χ1n) is 6.86. The molecule has 0 amide bonds. The van der Waals surface area contributed by atoms with E-state index in [0.717, 1.165) is 18.7 Å². The van der Waals surface area contributed by atoms with Crippen molar-refractivity contribution in [2.75, 3.05) is 13.2 Å². The van der Waals surface area contributed by atoms with Gasteiger partial charge >= 0.3 is 0 Å². The maximum absolute atomic E-state index is 13.1. The third-order valence-electron chi connectivity index (χ3n) is 3.01. The van der Waals surface area contributed by atoms with Gasteiger partial charge in [-0.05, 0) is 48.9 Å². The van der Waals surface area contributed by atoms with E-state index in [1.807, 2.05) is 30.3 Å². The predicted molar refractivity (Wildman–Crippen MR) is 79.4 cm³/mol. The lowest BCUT2D eigenvalue weighted by Gasteiger charge is -2.08. The Labute approximate surface area is 124 Å². The van der Waals surface area contributed by atoms with Gasteiger partial charge in [-0.3, -0.25) is 0 Å². The van der Waals surface area contributed by atoms with Crippen molar-refractivity contribution in [1.29, 1.82) is 5.26 Å². The fourth-order valence-corrected chi connectivity index (χ4v) is 1.94. The maximum Gasteiger partial charge on any atom is 0.123 e. The number of hydrogen-bond donors (Lipinski definition) is 1. The summed E-state index contributed by atoms with van der Waals surface area (Å²) in [5.74, 6) is 0.535. The minimum atomic E-state index is -0.321. The molecule has 21 heavy (non-hydrogen) atoms. The van der Waals surface area contributed by atoms with E-state index in [-0.39, 0.29) is 5.82 Å². The summed E-state index contributed by atoms with van der Waals surface area (Å²) in [6, 6.07) is 15.9. The molecule has 0 aliphatic heterocycles. The molecule has 0 radical (unpaired) electrons. The van der Waals surface area contributed by atoms with Gasteiger partial charge in [0.1, 0.15) is 11.6 Å². The van der Waals surface area contributed by atoms with Gasteiger partial charge in [0, 0.05) is 6.54 Å². The van der Waals surface area contributed by atoms with Crippen molar-refractivity contribution in [2.24, 2.45) is 0 Å². The monoisotopic (exact) mass is 284 g/mol. The number of hydrogen-bond acceptors (Lipinski definition) is 3. The van der Waals surface area contributed by atoms with Crippen molar-refractivity contribution >= 4 is 0 Å². The van der Waals surface area contributed by atoms with Crippen LogP contribution in [-0.2, 0) is 6.54 Å². The van der Waals surface area contributed by atoms with Crippen LogP contribution in [0.4, 0.5) is 4.39 Å². The van der Waals surface area contributed by atoms with E-state index in [2.05, 4.69) is 11.4 Å². The Morgan fingerprint density at radius 3 is 2.71 bits per heavy atom. The van der Waals surface area contributed by atoms with E-state index in [1.165, 1.54) is 18.2 Å². The minimum Gasteiger partial charge on any atom is -0.494 e. The molecular formula is C17H17FN2O. The highest BCUT2D eigenvalue weighted by atomic mass is 19.1. The number of nitrogens with zero attached hydrogens (tertiary/aromatic N) is 1. The molecule has 3 nitrogen and oxygen atoms in total. The molecule has 0 aliphatic rings. The summed E-state index contributed by atoms with van der Waals surface area (Å²) in [6.45, 7) is 1.84. The molecule has 0 aromatic heterocycles. The molecule has 2 aromatic carbocycles. The number of nitrogens with one attached hydrogen (secondary N) is 1. The highest BCUT2D eigenvalue weighted by Gasteiger charge is 2.03. The zero-order valence-corrected chi connectivity index (χ0v) is 11.7. The highest BCUT2D eigenvalue weighted by molar-refractivity contribution is 5.37. The Balaban J connectivity index is 1.68. The number of rotatable bonds is 7. The van der Waals surface area contributed by atoms with Crippen LogP contribution in [0.15, 0.2) is 48.5 Å². The molecule has 4 heteroatoms. The van der Waals surface area contributed by atoms with Crippen molar-refractivity contribution in [1.82, 2.24) is 5.32 Å². The molecule has 0 fully saturated rings. The molecular weight excluding hydrogens is 267 g/mol. The molecule has 2 rings (SSSR count). The number of ether oxygens (including phenoxy) is 1. The Bertz CT molecular complexity index is 608. The molecule has 2 aromatic rings. The van der Waals surface area contributed by atoms with Crippen molar-refractivity contribution in [3.63, 3.8) is 0 Å². The second kappa shape index (κ2) is 8.03. The zero-order valence-electron chi connectivity index (χ0n) is 11.7. The van der Waals surface area contributed by atoms with Gasteiger partial charge in [-0.1, -0.05) is 18.2 Å². The summed E-state index contributed by atoms with van der Waals surface area (Å²) in [7, 11) is 0. The third kappa shape index (κ3) is 4.90. The molecule has 0 atom stereocenters. The second-order valence-corrected chi connectivity index (χ2v) is 4.61. The lowest BCUT2D eigenvalue weighted by Crippen LogP contribution is -2.17. The van der Waals surface area contributed by atoms with Crippen LogP contribution in [0, 0.1) is 17.1 Å².